The Balaban J connectivity index is 1.50. The van der Waals surface area contributed by atoms with Gasteiger partial charge in [-0.2, -0.15) is 0 Å². The van der Waals surface area contributed by atoms with Crippen molar-refractivity contribution >= 4 is 12.7 Å². The van der Waals surface area contributed by atoms with Gasteiger partial charge in [-0.25, -0.2) is 0 Å². The lowest BCUT2D eigenvalue weighted by Crippen LogP contribution is -2.54. The minimum Gasteiger partial charge on any atom is -0.493 e. The van der Waals surface area contributed by atoms with Gasteiger partial charge in [0.05, 0.1) is 6.61 Å². The normalized spacial score (nSPS) is 19.3. The molecular weight excluding hydrogens is 560 g/mol. The monoisotopic (exact) mass is 622 g/mol. The van der Waals surface area contributed by atoms with Crippen molar-refractivity contribution in [2.24, 2.45) is 5.41 Å². The molecule has 0 bridgehead atoms. The Morgan fingerprint density at radius 3 is 2.29 bits per heavy atom. The Morgan fingerprint density at radius 1 is 1.00 bits per heavy atom. The van der Waals surface area contributed by atoms with Crippen LogP contribution in [0.15, 0.2) is 46.6 Å². The van der Waals surface area contributed by atoms with Crippen LogP contribution >= 0.6 is 0 Å². The molecule has 1 aromatic carbocycles. The van der Waals surface area contributed by atoms with Crippen LogP contribution in [-0.4, -0.2) is 42.5 Å². The molecule has 1 aromatic heterocycles. The van der Waals surface area contributed by atoms with Crippen molar-refractivity contribution in [1.82, 2.24) is 10.6 Å². The second-order valence-electron chi connectivity index (χ2n) is 16.5. The second kappa shape index (κ2) is 14.8. The molecule has 6 nitrogen and oxygen atoms in total. The minimum atomic E-state index is -0.135. The number of benzene rings is 1. The lowest BCUT2D eigenvalue weighted by molar-refractivity contribution is 0.0685. The maximum absolute atomic E-state index is 6.40. The van der Waals surface area contributed by atoms with Gasteiger partial charge in [-0.1, -0.05) is 47.3 Å². The van der Waals surface area contributed by atoms with Crippen molar-refractivity contribution in [2.45, 2.75) is 144 Å². The van der Waals surface area contributed by atoms with E-state index in [9.17, 15) is 0 Å². The zero-order chi connectivity index (χ0) is 33.6. The van der Waals surface area contributed by atoms with Crippen molar-refractivity contribution in [3.05, 3.63) is 58.6 Å². The molecule has 1 aliphatic carbocycles. The van der Waals surface area contributed by atoms with Gasteiger partial charge in [0.15, 0.2) is 0 Å². The molecule has 1 unspecified atom stereocenters. The summed E-state index contributed by atoms with van der Waals surface area (Å²) in [5.74, 6) is 3.49. The summed E-state index contributed by atoms with van der Waals surface area (Å²) >= 11 is 0. The molecule has 0 aliphatic heterocycles. The molecule has 0 spiro atoms. The molecule has 0 radical (unpaired) electrons. The molecule has 1 atom stereocenters. The van der Waals surface area contributed by atoms with Crippen molar-refractivity contribution in [1.29, 1.82) is 0 Å². The molecule has 3 rings (SSSR count). The summed E-state index contributed by atoms with van der Waals surface area (Å²) in [5.41, 5.74) is 0.782. The van der Waals surface area contributed by atoms with Crippen LogP contribution in [0.1, 0.15) is 115 Å². The van der Waals surface area contributed by atoms with E-state index in [1.54, 1.807) is 0 Å². The van der Waals surface area contributed by atoms with Gasteiger partial charge >= 0.3 is 0 Å². The number of hydrogen-bond donors (Lipinski definition) is 2. The number of rotatable bonds is 15. The van der Waals surface area contributed by atoms with Crippen LogP contribution in [-0.2, 0) is 10.2 Å². The topological polar surface area (TPSA) is 64.9 Å². The highest BCUT2D eigenvalue weighted by molar-refractivity contribution is 5.41. The summed E-state index contributed by atoms with van der Waals surface area (Å²) in [5, 5.41) is 8.27. The first kappa shape index (κ1) is 36.8. The highest BCUT2D eigenvalue weighted by atomic mass is 16.5. The quantitative estimate of drug-likeness (QED) is 0.199. The van der Waals surface area contributed by atoms with Gasteiger partial charge < -0.3 is 29.3 Å². The summed E-state index contributed by atoms with van der Waals surface area (Å²) in [6.07, 6.45) is 8.20. The van der Waals surface area contributed by atoms with E-state index in [1.807, 2.05) is 43.3 Å². The van der Waals surface area contributed by atoms with Crippen molar-refractivity contribution in [2.75, 3.05) is 13.2 Å². The highest BCUT2D eigenvalue weighted by Gasteiger charge is 2.36. The molecule has 1 aliphatic rings. The number of hydrogen-bond acceptors (Lipinski definition) is 6. The first-order valence-electron chi connectivity index (χ1n) is 16.8. The molecule has 1 saturated carbocycles. The van der Waals surface area contributed by atoms with E-state index in [4.69, 9.17) is 18.6 Å². The summed E-state index contributed by atoms with van der Waals surface area (Å²) < 4.78 is 24.8. The lowest BCUT2D eigenvalue weighted by atomic mass is 9.79. The first-order valence-corrected chi connectivity index (χ1v) is 16.8. The zero-order valence-electron chi connectivity index (χ0n) is 30.4. The van der Waals surface area contributed by atoms with Crippen LogP contribution in [0.5, 0.6) is 11.5 Å². The zero-order valence-corrected chi connectivity index (χ0v) is 30.4. The van der Waals surface area contributed by atoms with E-state index < -0.39 is 0 Å². The Bertz CT molecular complexity index is 1370. The molecule has 252 valence electrons. The molecular formula is C39H62N2O4. The number of ether oxygens (including phenoxy) is 3. The van der Waals surface area contributed by atoms with E-state index in [2.05, 4.69) is 99.4 Å². The molecule has 2 aromatic rings. The third-order valence-electron chi connectivity index (χ3n) is 8.17. The minimum absolute atomic E-state index is 0.00829. The standard InChI is InChI=1S/C39H62N2O4/c1-14-30(43-28(3)25-40-37(7,8)9)24-34-27(2)20-35(45-34)38(10,11)18-19-39(12,13)41-29-21-33(22-29)44-32-17-15-16-31(23-32)42-26-36(4,5)6/h14-17,20,23-24,28-29,33,40-41H,2,18-19,21-22,25-26H2,1,3-13H3/b30-14+,34-24+. The Hall–Kier alpha value is -2.70. The second-order valence-corrected chi connectivity index (χ2v) is 16.5. The van der Waals surface area contributed by atoms with E-state index in [0.29, 0.717) is 12.6 Å². The molecule has 0 amide bonds. The maximum atomic E-state index is 6.40. The molecule has 1 heterocycles. The molecule has 0 saturated heterocycles. The average molecular weight is 623 g/mol. The van der Waals surface area contributed by atoms with Gasteiger partial charge in [0.25, 0.3) is 0 Å². The number of nitrogens with one attached hydrogen (secondary N) is 2. The predicted molar refractivity (Wildman–Crippen MR) is 188 cm³/mol. The van der Waals surface area contributed by atoms with E-state index in [1.165, 1.54) is 0 Å². The largest absolute Gasteiger partial charge is 0.493 e. The van der Waals surface area contributed by atoms with Crippen LogP contribution in [0.25, 0.3) is 12.7 Å². The van der Waals surface area contributed by atoms with Crippen molar-refractivity contribution in [3.8, 4) is 11.5 Å². The fraction of sp³-hybridized carbons (Fsp3) is 0.641. The fourth-order valence-electron chi connectivity index (χ4n) is 5.22. The van der Waals surface area contributed by atoms with Gasteiger partial charge in [-0.15, -0.1) is 0 Å². The van der Waals surface area contributed by atoms with Crippen LogP contribution < -0.4 is 30.7 Å². The lowest BCUT2D eigenvalue weighted by Gasteiger charge is -2.42. The first-order chi connectivity index (χ1) is 20.7. The number of furan rings is 1. The summed E-state index contributed by atoms with van der Waals surface area (Å²) in [6.45, 7) is 31.9. The van der Waals surface area contributed by atoms with Crippen LogP contribution in [0.4, 0.5) is 0 Å². The Labute approximate surface area is 273 Å². The van der Waals surface area contributed by atoms with Gasteiger partial charge in [0.1, 0.15) is 40.6 Å². The third kappa shape index (κ3) is 12.5. The summed E-state index contributed by atoms with van der Waals surface area (Å²) in [4.78, 5) is 0. The molecule has 6 heteroatoms. The highest BCUT2D eigenvalue weighted by Crippen LogP contribution is 2.33. The van der Waals surface area contributed by atoms with Crippen LogP contribution in [0, 0.1) is 5.41 Å². The summed E-state index contributed by atoms with van der Waals surface area (Å²) in [6, 6.07) is 10.6. The maximum Gasteiger partial charge on any atom is 0.137 e. The van der Waals surface area contributed by atoms with Gasteiger partial charge in [-0.3, -0.25) is 0 Å². The third-order valence-corrected chi connectivity index (χ3v) is 8.17. The fourth-order valence-corrected chi connectivity index (χ4v) is 5.22. The van der Waals surface area contributed by atoms with E-state index in [-0.39, 0.29) is 34.1 Å². The Morgan fingerprint density at radius 2 is 1.67 bits per heavy atom. The predicted octanol–water partition coefficient (Wildman–Crippen LogP) is 7.63. The van der Waals surface area contributed by atoms with Crippen molar-refractivity contribution < 1.29 is 18.6 Å². The SMILES string of the molecule is C=c1cc(C(C)(C)CCC(C)(C)NC2CC(Oc3cccc(OCC(C)(C)C)c3)C2)o/c1=C/C(=C\C)OC(C)CNC(C)(C)C. The molecule has 2 N–H and O–H groups in total. The van der Waals surface area contributed by atoms with Crippen molar-refractivity contribution in [3.63, 3.8) is 0 Å². The van der Waals surface area contributed by atoms with Gasteiger partial charge in [0.2, 0.25) is 0 Å². The smallest absolute Gasteiger partial charge is 0.137 e. The van der Waals surface area contributed by atoms with Gasteiger partial charge in [0, 0.05) is 46.4 Å². The Kier molecular flexibility index (Phi) is 12.1. The van der Waals surface area contributed by atoms with Gasteiger partial charge in [-0.05, 0) is 104 Å². The van der Waals surface area contributed by atoms with Crippen LogP contribution in [0.3, 0.4) is 0 Å². The average Bonchev–Trinajstić information content (AvgIpc) is 3.28. The number of allylic oxidation sites excluding steroid dienone is 2. The van der Waals surface area contributed by atoms with Crippen LogP contribution in [0.2, 0.25) is 0 Å². The molecule has 45 heavy (non-hydrogen) atoms. The summed E-state index contributed by atoms with van der Waals surface area (Å²) in [7, 11) is 0. The molecule has 1 fully saturated rings. The van der Waals surface area contributed by atoms with E-state index in [0.717, 1.165) is 65.9 Å². The van der Waals surface area contributed by atoms with E-state index >= 15 is 0 Å².